The van der Waals surface area contributed by atoms with E-state index in [9.17, 15) is 4.79 Å². The molecule has 19 heavy (non-hydrogen) atoms. The third-order valence-electron chi connectivity index (χ3n) is 2.57. The monoisotopic (exact) mass is 325 g/mol. The summed E-state index contributed by atoms with van der Waals surface area (Å²) in [5.74, 6) is 0.859. The zero-order valence-corrected chi connectivity index (χ0v) is 13.2. The predicted octanol–water partition coefficient (Wildman–Crippen LogP) is 3.38. The van der Waals surface area contributed by atoms with E-state index in [1.54, 1.807) is 18.0 Å². The van der Waals surface area contributed by atoms with E-state index in [0.29, 0.717) is 13.2 Å². The quantitative estimate of drug-likeness (QED) is 0.592. The van der Waals surface area contributed by atoms with E-state index in [1.165, 1.54) is 0 Å². The molecule has 3 nitrogen and oxygen atoms in total. The fraction of sp³-hybridized carbons (Fsp3) is 0.400. The van der Waals surface area contributed by atoms with Crippen LogP contribution in [0.4, 0.5) is 0 Å². The lowest BCUT2D eigenvalue weighted by Crippen LogP contribution is -2.38. The van der Waals surface area contributed by atoms with E-state index in [2.05, 4.69) is 22.5 Å². The lowest BCUT2D eigenvalue weighted by atomic mass is 10.1. The van der Waals surface area contributed by atoms with Crippen LogP contribution in [0.25, 0.3) is 0 Å². The van der Waals surface area contributed by atoms with Crippen molar-refractivity contribution in [1.29, 1.82) is 0 Å². The molecule has 0 unspecified atom stereocenters. The Morgan fingerprint density at radius 3 is 2.47 bits per heavy atom. The molecule has 0 saturated heterocycles. The Hall–Kier alpha value is -1.29. The van der Waals surface area contributed by atoms with Gasteiger partial charge in [0.25, 0.3) is 0 Å². The molecule has 1 rings (SSSR count). The third kappa shape index (κ3) is 5.07. The van der Waals surface area contributed by atoms with Crippen LogP contribution in [-0.4, -0.2) is 28.8 Å². The normalized spacial score (nSPS) is 10.9. The summed E-state index contributed by atoms with van der Waals surface area (Å²) in [7, 11) is 1.80. The number of benzene rings is 1. The third-order valence-corrected chi connectivity index (χ3v) is 2.91. The molecule has 0 saturated carbocycles. The molecule has 104 valence electrons. The van der Waals surface area contributed by atoms with Crippen molar-refractivity contribution in [3.63, 3.8) is 0 Å². The number of carbonyl (C=O) groups is 1. The summed E-state index contributed by atoms with van der Waals surface area (Å²) in [6, 6.07) is 7.72. The summed E-state index contributed by atoms with van der Waals surface area (Å²) in [6.07, 6.45) is 1.71. The highest BCUT2D eigenvalue weighted by atomic mass is 79.9. The Labute approximate surface area is 123 Å². The molecule has 0 atom stereocenters. The maximum atomic E-state index is 12.0. The number of rotatable bonds is 6. The molecule has 1 amide bonds. The SMILES string of the molecule is C=CCOc1ccc(CN(C)C(=O)C(C)(C)Br)cc1. The number of nitrogens with zero attached hydrogens (tertiary/aromatic N) is 1. The van der Waals surface area contributed by atoms with E-state index < -0.39 is 4.32 Å². The summed E-state index contributed by atoms with van der Waals surface area (Å²) >= 11 is 3.38. The van der Waals surface area contributed by atoms with Crippen molar-refractivity contribution in [2.24, 2.45) is 0 Å². The molecule has 1 aromatic carbocycles. The van der Waals surface area contributed by atoms with Crippen molar-refractivity contribution in [2.75, 3.05) is 13.7 Å². The van der Waals surface area contributed by atoms with Gasteiger partial charge >= 0.3 is 0 Å². The molecule has 0 aromatic heterocycles. The van der Waals surface area contributed by atoms with Crippen molar-refractivity contribution in [3.8, 4) is 5.75 Å². The van der Waals surface area contributed by atoms with Crippen LogP contribution in [0.1, 0.15) is 19.4 Å². The average molecular weight is 326 g/mol. The van der Waals surface area contributed by atoms with Gasteiger partial charge in [0.15, 0.2) is 0 Å². The van der Waals surface area contributed by atoms with Gasteiger partial charge in [-0.15, -0.1) is 0 Å². The van der Waals surface area contributed by atoms with Crippen LogP contribution in [0.5, 0.6) is 5.75 Å². The topological polar surface area (TPSA) is 29.5 Å². The molecule has 1 aromatic rings. The first-order chi connectivity index (χ1) is 8.84. The lowest BCUT2D eigenvalue weighted by molar-refractivity contribution is -0.131. The molecular formula is C15H20BrNO2. The van der Waals surface area contributed by atoms with Crippen molar-refractivity contribution in [1.82, 2.24) is 4.90 Å². The van der Waals surface area contributed by atoms with Gasteiger partial charge in [0, 0.05) is 13.6 Å². The Morgan fingerprint density at radius 2 is 2.00 bits per heavy atom. The maximum Gasteiger partial charge on any atom is 0.238 e. The van der Waals surface area contributed by atoms with Gasteiger partial charge in [-0.05, 0) is 31.5 Å². The first kappa shape index (κ1) is 15.8. The van der Waals surface area contributed by atoms with E-state index in [-0.39, 0.29) is 5.91 Å². The average Bonchev–Trinajstić information content (AvgIpc) is 2.36. The number of alkyl halides is 1. The Bertz CT molecular complexity index is 434. The van der Waals surface area contributed by atoms with Gasteiger partial charge in [0.2, 0.25) is 5.91 Å². The van der Waals surface area contributed by atoms with Crippen LogP contribution in [-0.2, 0) is 11.3 Å². The van der Waals surface area contributed by atoms with Crippen LogP contribution in [0.2, 0.25) is 0 Å². The zero-order valence-electron chi connectivity index (χ0n) is 11.6. The van der Waals surface area contributed by atoms with E-state index in [0.717, 1.165) is 11.3 Å². The molecule has 0 radical (unpaired) electrons. The smallest absolute Gasteiger partial charge is 0.238 e. The summed E-state index contributed by atoms with van der Waals surface area (Å²) in [5, 5.41) is 0. The minimum atomic E-state index is -0.533. The zero-order chi connectivity index (χ0) is 14.5. The standard InChI is InChI=1S/C15H20BrNO2/c1-5-10-19-13-8-6-12(7-9-13)11-17(4)14(18)15(2,3)16/h5-9H,1,10-11H2,2-4H3. The van der Waals surface area contributed by atoms with E-state index in [1.807, 2.05) is 38.1 Å². The molecule has 0 aliphatic carbocycles. The summed E-state index contributed by atoms with van der Waals surface area (Å²) < 4.78 is 4.88. The number of amides is 1. The molecule has 0 bridgehead atoms. The molecule has 0 aliphatic rings. The van der Waals surface area contributed by atoms with Gasteiger partial charge < -0.3 is 9.64 Å². The van der Waals surface area contributed by atoms with Gasteiger partial charge in [-0.1, -0.05) is 40.7 Å². The Kier molecular flexibility index (Phi) is 5.60. The molecule has 0 N–H and O–H groups in total. The number of hydrogen-bond acceptors (Lipinski definition) is 2. The van der Waals surface area contributed by atoms with E-state index >= 15 is 0 Å². The lowest BCUT2D eigenvalue weighted by Gasteiger charge is -2.24. The number of halogens is 1. The first-order valence-corrected chi connectivity index (χ1v) is 6.91. The van der Waals surface area contributed by atoms with Crippen LogP contribution in [0.3, 0.4) is 0 Å². The highest BCUT2D eigenvalue weighted by molar-refractivity contribution is 9.10. The largest absolute Gasteiger partial charge is 0.490 e. The Balaban J connectivity index is 2.62. The molecule has 0 fully saturated rings. The summed E-state index contributed by atoms with van der Waals surface area (Å²) in [6.45, 7) is 8.37. The van der Waals surface area contributed by atoms with E-state index in [4.69, 9.17) is 4.74 Å². The first-order valence-electron chi connectivity index (χ1n) is 6.11. The summed E-state index contributed by atoms with van der Waals surface area (Å²) in [4.78, 5) is 13.7. The highest BCUT2D eigenvalue weighted by Gasteiger charge is 2.26. The van der Waals surface area contributed by atoms with Gasteiger partial charge in [-0.3, -0.25) is 4.79 Å². The van der Waals surface area contributed by atoms with Crippen molar-refractivity contribution < 1.29 is 9.53 Å². The second kappa shape index (κ2) is 6.75. The van der Waals surface area contributed by atoms with Crippen molar-refractivity contribution in [3.05, 3.63) is 42.5 Å². The van der Waals surface area contributed by atoms with Gasteiger partial charge in [-0.2, -0.15) is 0 Å². The Morgan fingerprint density at radius 1 is 1.42 bits per heavy atom. The molecule has 0 heterocycles. The molecular weight excluding hydrogens is 306 g/mol. The predicted molar refractivity (Wildman–Crippen MR) is 81.6 cm³/mol. The van der Waals surface area contributed by atoms with Crippen LogP contribution in [0, 0.1) is 0 Å². The fourth-order valence-electron chi connectivity index (χ4n) is 1.65. The maximum absolute atomic E-state index is 12.0. The van der Waals surface area contributed by atoms with Crippen LogP contribution >= 0.6 is 15.9 Å². The molecule has 4 heteroatoms. The minimum absolute atomic E-state index is 0.0551. The highest BCUT2D eigenvalue weighted by Crippen LogP contribution is 2.20. The summed E-state index contributed by atoms with van der Waals surface area (Å²) in [5.41, 5.74) is 1.07. The van der Waals surface area contributed by atoms with Crippen LogP contribution < -0.4 is 4.74 Å². The fourth-order valence-corrected chi connectivity index (χ4v) is 1.95. The minimum Gasteiger partial charge on any atom is -0.490 e. The number of ether oxygens (including phenoxy) is 1. The van der Waals surface area contributed by atoms with Gasteiger partial charge in [-0.25, -0.2) is 0 Å². The van der Waals surface area contributed by atoms with Crippen LogP contribution in [0.15, 0.2) is 36.9 Å². The molecule has 0 spiro atoms. The van der Waals surface area contributed by atoms with Gasteiger partial charge in [0.05, 0.1) is 4.32 Å². The number of carbonyl (C=O) groups excluding carboxylic acids is 1. The second-order valence-electron chi connectivity index (χ2n) is 4.88. The van der Waals surface area contributed by atoms with Crippen molar-refractivity contribution >= 4 is 21.8 Å². The second-order valence-corrected chi connectivity index (χ2v) is 6.86. The molecule has 0 aliphatic heterocycles. The van der Waals surface area contributed by atoms with Crippen molar-refractivity contribution in [2.45, 2.75) is 24.7 Å². The number of hydrogen-bond donors (Lipinski definition) is 0. The van der Waals surface area contributed by atoms with Gasteiger partial charge in [0.1, 0.15) is 12.4 Å².